The Kier molecular flexibility index (Phi) is 3.09. The van der Waals surface area contributed by atoms with Crippen LogP contribution in [0.25, 0.3) is 0 Å². The molecule has 2 heteroatoms. The van der Waals surface area contributed by atoms with E-state index in [1.807, 2.05) is 4.90 Å². The summed E-state index contributed by atoms with van der Waals surface area (Å²) in [5.41, 5.74) is 0.464. The van der Waals surface area contributed by atoms with Gasteiger partial charge in [0, 0.05) is 13.1 Å². The second kappa shape index (κ2) is 4.23. The highest BCUT2D eigenvalue weighted by Gasteiger charge is 2.47. The van der Waals surface area contributed by atoms with Gasteiger partial charge in [-0.2, -0.15) is 0 Å². The van der Waals surface area contributed by atoms with Gasteiger partial charge < -0.3 is 4.90 Å². The molecule has 90 valence electrons. The van der Waals surface area contributed by atoms with Crippen molar-refractivity contribution in [2.45, 2.75) is 39.5 Å². The lowest BCUT2D eigenvalue weighted by molar-refractivity contribution is -0.133. The topological polar surface area (TPSA) is 20.3 Å². The minimum Gasteiger partial charge on any atom is -0.339 e. The summed E-state index contributed by atoms with van der Waals surface area (Å²) >= 11 is 0. The van der Waals surface area contributed by atoms with Gasteiger partial charge in [0.15, 0.2) is 0 Å². The zero-order valence-corrected chi connectivity index (χ0v) is 10.5. The predicted molar refractivity (Wildman–Crippen MR) is 66.0 cm³/mol. The summed E-state index contributed by atoms with van der Waals surface area (Å²) in [4.78, 5) is 13.6. The Bertz CT molecular complexity index is 289. The largest absolute Gasteiger partial charge is 0.339 e. The van der Waals surface area contributed by atoms with Gasteiger partial charge in [-0.05, 0) is 49.0 Å². The summed E-state index contributed by atoms with van der Waals surface area (Å²) in [6, 6.07) is 0. The fourth-order valence-corrected chi connectivity index (χ4v) is 3.38. The predicted octanol–water partition coefficient (Wildman–Crippen LogP) is 2.85. The third-order valence-corrected chi connectivity index (χ3v) is 4.48. The van der Waals surface area contributed by atoms with Crippen LogP contribution in [-0.4, -0.2) is 23.9 Å². The minimum atomic E-state index is 0.118. The molecule has 0 aromatic carbocycles. The van der Waals surface area contributed by atoms with Crippen molar-refractivity contribution in [3.8, 4) is 0 Å². The summed E-state index contributed by atoms with van der Waals surface area (Å²) in [5, 5.41) is 0. The van der Waals surface area contributed by atoms with E-state index in [0.717, 1.165) is 24.9 Å². The van der Waals surface area contributed by atoms with E-state index in [1.165, 1.54) is 31.8 Å². The van der Waals surface area contributed by atoms with Gasteiger partial charge in [-0.3, -0.25) is 4.79 Å². The van der Waals surface area contributed by atoms with Gasteiger partial charge in [-0.1, -0.05) is 20.4 Å². The van der Waals surface area contributed by atoms with Crippen molar-refractivity contribution in [2.24, 2.45) is 17.3 Å². The molecule has 2 nitrogen and oxygen atoms in total. The van der Waals surface area contributed by atoms with Crippen molar-refractivity contribution in [1.82, 2.24) is 4.90 Å². The summed E-state index contributed by atoms with van der Waals surface area (Å²) in [6.45, 7) is 10.1. The molecule has 1 heterocycles. The molecule has 1 saturated heterocycles. The Morgan fingerprint density at radius 2 is 2.19 bits per heavy atom. The fraction of sp³-hybridized carbons (Fsp3) is 0.786. The molecule has 0 aromatic rings. The van der Waals surface area contributed by atoms with Crippen molar-refractivity contribution in [2.75, 3.05) is 13.1 Å². The molecule has 1 saturated carbocycles. The number of rotatable bonds is 2. The summed E-state index contributed by atoms with van der Waals surface area (Å²) in [7, 11) is 0. The molecule has 0 N–H and O–H groups in total. The third kappa shape index (κ3) is 2.02. The maximum atomic E-state index is 11.6. The van der Waals surface area contributed by atoms with Gasteiger partial charge in [0.1, 0.15) is 0 Å². The van der Waals surface area contributed by atoms with Crippen molar-refractivity contribution < 1.29 is 4.79 Å². The molecule has 1 aliphatic heterocycles. The highest BCUT2D eigenvalue weighted by molar-refractivity contribution is 5.87. The number of piperidine rings is 1. The van der Waals surface area contributed by atoms with Crippen LogP contribution in [0.1, 0.15) is 39.5 Å². The van der Waals surface area contributed by atoms with Crippen molar-refractivity contribution in [3.05, 3.63) is 12.7 Å². The van der Waals surface area contributed by atoms with Crippen LogP contribution in [0.2, 0.25) is 0 Å². The zero-order valence-electron chi connectivity index (χ0n) is 10.5. The molecule has 0 unspecified atom stereocenters. The fourth-order valence-electron chi connectivity index (χ4n) is 3.38. The van der Waals surface area contributed by atoms with Gasteiger partial charge >= 0.3 is 0 Å². The van der Waals surface area contributed by atoms with E-state index < -0.39 is 0 Å². The number of carbonyl (C=O) groups is 1. The SMILES string of the molecule is C=CC(=O)N1CCCC2(CC(C(C)C)C2)C1. The normalized spacial score (nSPS) is 33.9. The van der Waals surface area contributed by atoms with E-state index in [2.05, 4.69) is 20.4 Å². The molecular weight excluding hydrogens is 198 g/mol. The molecule has 0 atom stereocenters. The van der Waals surface area contributed by atoms with E-state index >= 15 is 0 Å². The Morgan fingerprint density at radius 1 is 1.50 bits per heavy atom. The first-order valence-corrected chi connectivity index (χ1v) is 6.48. The van der Waals surface area contributed by atoms with Crippen LogP contribution < -0.4 is 0 Å². The quantitative estimate of drug-likeness (QED) is 0.657. The van der Waals surface area contributed by atoms with Gasteiger partial charge in [0.2, 0.25) is 5.91 Å². The molecule has 2 fully saturated rings. The number of amides is 1. The second-order valence-corrected chi connectivity index (χ2v) is 5.98. The van der Waals surface area contributed by atoms with Crippen LogP contribution in [0.4, 0.5) is 0 Å². The third-order valence-electron chi connectivity index (χ3n) is 4.48. The van der Waals surface area contributed by atoms with Gasteiger partial charge in [0.05, 0.1) is 0 Å². The first-order chi connectivity index (χ1) is 7.56. The number of likely N-dealkylation sites (tertiary alicyclic amines) is 1. The van der Waals surface area contributed by atoms with Crippen LogP contribution in [0.15, 0.2) is 12.7 Å². The highest BCUT2D eigenvalue weighted by atomic mass is 16.2. The summed E-state index contributed by atoms with van der Waals surface area (Å²) in [5.74, 6) is 1.81. The molecular formula is C14H23NO. The van der Waals surface area contributed by atoms with Crippen LogP contribution in [0.3, 0.4) is 0 Å². The average molecular weight is 221 g/mol. The van der Waals surface area contributed by atoms with E-state index in [-0.39, 0.29) is 5.91 Å². The lowest BCUT2D eigenvalue weighted by Gasteiger charge is -2.54. The maximum absolute atomic E-state index is 11.6. The molecule has 0 radical (unpaired) electrons. The molecule has 1 aliphatic carbocycles. The van der Waals surface area contributed by atoms with Crippen LogP contribution in [-0.2, 0) is 4.79 Å². The lowest BCUT2D eigenvalue weighted by Crippen LogP contribution is -2.52. The monoisotopic (exact) mass is 221 g/mol. The van der Waals surface area contributed by atoms with E-state index in [9.17, 15) is 4.79 Å². The molecule has 0 bridgehead atoms. The van der Waals surface area contributed by atoms with Gasteiger partial charge in [-0.15, -0.1) is 0 Å². The smallest absolute Gasteiger partial charge is 0.245 e. The van der Waals surface area contributed by atoms with Gasteiger partial charge in [-0.25, -0.2) is 0 Å². The van der Waals surface area contributed by atoms with Crippen LogP contribution in [0.5, 0.6) is 0 Å². The molecule has 0 aromatic heterocycles. The Labute approximate surface area is 98.7 Å². The van der Waals surface area contributed by atoms with Crippen LogP contribution >= 0.6 is 0 Å². The number of nitrogens with zero attached hydrogens (tertiary/aromatic N) is 1. The standard InChI is InChI=1S/C14H23NO/c1-4-13(16)15-7-5-6-14(10-15)8-12(9-14)11(2)3/h4,11-12H,1,5-10H2,2-3H3. The Hall–Kier alpha value is -0.790. The summed E-state index contributed by atoms with van der Waals surface area (Å²) in [6.07, 6.45) is 6.59. The first kappa shape index (κ1) is 11.7. The minimum absolute atomic E-state index is 0.118. The molecule has 1 spiro atoms. The van der Waals surface area contributed by atoms with Crippen molar-refractivity contribution >= 4 is 5.91 Å². The zero-order chi connectivity index (χ0) is 11.8. The maximum Gasteiger partial charge on any atom is 0.245 e. The van der Waals surface area contributed by atoms with Crippen molar-refractivity contribution in [3.63, 3.8) is 0 Å². The second-order valence-electron chi connectivity index (χ2n) is 5.98. The first-order valence-electron chi connectivity index (χ1n) is 6.48. The average Bonchev–Trinajstić information content (AvgIpc) is 2.24. The molecule has 16 heavy (non-hydrogen) atoms. The molecule has 2 rings (SSSR count). The number of hydrogen-bond donors (Lipinski definition) is 0. The van der Waals surface area contributed by atoms with Crippen LogP contribution in [0, 0.1) is 17.3 Å². The lowest BCUT2D eigenvalue weighted by atomic mass is 9.56. The molecule has 1 amide bonds. The number of hydrogen-bond acceptors (Lipinski definition) is 1. The van der Waals surface area contributed by atoms with E-state index in [4.69, 9.17) is 0 Å². The molecule has 2 aliphatic rings. The van der Waals surface area contributed by atoms with E-state index in [1.54, 1.807) is 0 Å². The Morgan fingerprint density at radius 3 is 2.75 bits per heavy atom. The van der Waals surface area contributed by atoms with Gasteiger partial charge in [0.25, 0.3) is 0 Å². The highest BCUT2D eigenvalue weighted by Crippen LogP contribution is 2.53. The number of carbonyl (C=O) groups excluding carboxylic acids is 1. The van der Waals surface area contributed by atoms with Crippen molar-refractivity contribution in [1.29, 1.82) is 0 Å². The Balaban J connectivity index is 1.93. The summed E-state index contributed by atoms with van der Waals surface area (Å²) < 4.78 is 0. The van der Waals surface area contributed by atoms with E-state index in [0.29, 0.717) is 5.41 Å².